The quantitative estimate of drug-likeness (QED) is 0.805. The zero-order valence-electron chi connectivity index (χ0n) is 12.3. The predicted octanol–water partition coefficient (Wildman–Crippen LogP) is 3.61. The molecule has 1 aromatic carbocycles. The van der Waals surface area contributed by atoms with Gasteiger partial charge in [-0.2, -0.15) is 11.8 Å². The molecule has 1 aromatic heterocycles. The lowest BCUT2D eigenvalue weighted by molar-refractivity contribution is 0.245. The number of hydrogen-bond donors (Lipinski definition) is 0. The van der Waals surface area contributed by atoms with E-state index in [-0.39, 0.29) is 17.3 Å². The van der Waals surface area contributed by atoms with E-state index in [0.29, 0.717) is 23.3 Å². The fourth-order valence-electron chi connectivity index (χ4n) is 3.22. The number of pyridine rings is 1. The number of hydrogen-bond acceptors (Lipinski definition) is 3. The van der Waals surface area contributed by atoms with Crippen LogP contribution in [0.2, 0.25) is 0 Å². The zero-order valence-corrected chi connectivity index (χ0v) is 13.1. The third-order valence-electron chi connectivity index (χ3n) is 4.35. The van der Waals surface area contributed by atoms with Crippen LogP contribution in [-0.4, -0.2) is 22.7 Å². The van der Waals surface area contributed by atoms with Crippen LogP contribution in [0.4, 0.5) is 4.39 Å². The van der Waals surface area contributed by atoms with Gasteiger partial charge in [0.1, 0.15) is 12.4 Å². The molecule has 0 fully saturated rings. The smallest absolute Gasteiger partial charge is 0.189 e. The third kappa shape index (κ3) is 1.99. The van der Waals surface area contributed by atoms with Gasteiger partial charge in [0.05, 0.1) is 22.5 Å². The predicted molar refractivity (Wildman–Crippen MR) is 88.3 cm³/mol. The van der Waals surface area contributed by atoms with Gasteiger partial charge in [-0.05, 0) is 30.7 Å². The number of halogens is 1. The number of ether oxygens (including phenoxy) is 1. The second-order valence-corrected chi connectivity index (χ2v) is 6.91. The van der Waals surface area contributed by atoms with E-state index in [4.69, 9.17) is 4.74 Å². The first-order valence-corrected chi connectivity index (χ1v) is 8.59. The molecule has 2 aromatic rings. The monoisotopic (exact) mass is 317 g/mol. The van der Waals surface area contributed by atoms with E-state index in [2.05, 4.69) is 6.08 Å². The van der Waals surface area contributed by atoms with Crippen LogP contribution in [0.3, 0.4) is 0 Å². The van der Waals surface area contributed by atoms with E-state index in [1.54, 1.807) is 6.20 Å². The Kier molecular flexibility index (Phi) is 3.26. The van der Waals surface area contributed by atoms with Crippen molar-refractivity contribution in [3.63, 3.8) is 0 Å². The van der Waals surface area contributed by atoms with E-state index in [1.807, 2.05) is 23.3 Å². The van der Waals surface area contributed by atoms with E-state index in [1.165, 1.54) is 12.1 Å². The number of rotatable bonds is 1. The van der Waals surface area contributed by atoms with Crippen molar-refractivity contribution in [2.75, 3.05) is 18.1 Å². The second-order valence-electron chi connectivity index (χ2n) is 5.76. The molecule has 1 atom stereocenters. The van der Waals surface area contributed by atoms with Gasteiger partial charge in [-0.1, -0.05) is 6.08 Å². The highest BCUT2D eigenvalue weighted by Gasteiger charge is 2.26. The molecule has 0 bridgehead atoms. The van der Waals surface area contributed by atoms with Crippen LogP contribution in [0.1, 0.15) is 24.9 Å². The van der Waals surface area contributed by atoms with Crippen LogP contribution in [0.15, 0.2) is 29.2 Å². The van der Waals surface area contributed by atoms with Crippen molar-refractivity contribution in [1.82, 2.24) is 4.57 Å². The summed E-state index contributed by atoms with van der Waals surface area (Å²) in [6.07, 6.45) is 4.69. The van der Waals surface area contributed by atoms with Gasteiger partial charge < -0.3 is 9.30 Å². The number of benzene rings is 1. The maximum atomic E-state index is 14.7. The van der Waals surface area contributed by atoms with Gasteiger partial charge in [0.15, 0.2) is 11.2 Å². The molecule has 22 heavy (non-hydrogen) atoms. The maximum Gasteiger partial charge on any atom is 0.189 e. The molecule has 0 spiro atoms. The average Bonchev–Trinajstić information content (AvgIpc) is 2.53. The molecule has 5 heteroatoms. The summed E-state index contributed by atoms with van der Waals surface area (Å²) in [6, 6.07) is 3.00. The normalized spacial score (nSPS) is 20.6. The Labute approximate surface area is 131 Å². The Hall–Kier alpha value is -1.75. The van der Waals surface area contributed by atoms with Gasteiger partial charge in [0.25, 0.3) is 0 Å². The Bertz CT molecular complexity index is 856. The second kappa shape index (κ2) is 5.16. The minimum absolute atomic E-state index is 0.129. The van der Waals surface area contributed by atoms with Gasteiger partial charge in [-0.3, -0.25) is 4.79 Å². The molecule has 4 rings (SSSR count). The molecule has 0 saturated carbocycles. The van der Waals surface area contributed by atoms with Crippen molar-refractivity contribution in [1.29, 1.82) is 0 Å². The van der Waals surface area contributed by atoms with Crippen molar-refractivity contribution in [3.05, 3.63) is 46.0 Å². The summed E-state index contributed by atoms with van der Waals surface area (Å²) in [4.78, 5) is 12.1. The summed E-state index contributed by atoms with van der Waals surface area (Å²) in [5.41, 5.74) is 2.09. The van der Waals surface area contributed by atoms with Gasteiger partial charge >= 0.3 is 0 Å². The average molecular weight is 317 g/mol. The third-order valence-corrected chi connectivity index (χ3v) is 5.24. The molecular formula is C17H16FNO2S. The highest BCUT2D eigenvalue weighted by molar-refractivity contribution is 7.99. The summed E-state index contributed by atoms with van der Waals surface area (Å²) in [5.74, 6) is 2.05. The van der Waals surface area contributed by atoms with E-state index >= 15 is 0 Å². The van der Waals surface area contributed by atoms with Gasteiger partial charge in [0, 0.05) is 18.0 Å². The Morgan fingerprint density at radius 3 is 3.09 bits per heavy atom. The largest absolute Gasteiger partial charge is 0.488 e. The minimum Gasteiger partial charge on any atom is -0.488 e. The lowest BCUT2D eigenvalue weighted by atomic mass is 9.97. The molecule has 3 nitrogen and oxygen atoms in total. The molecule has 0 aliphatic carbocycles. The molecular weight excluding hydrogens is 301 g/mol. The van der Waals surface area contributed by atoms with Crippen molar-refractivity contribution < 1.29 is 9.13 Å². The van der Waals surface area contributed by atoms with Crippen LogP contribution < -0.4 is 10.2 Å². The first kappa shape index (κ1) is 13.9. The van der Waals surface area contributed by atoms with Crippen molar-refractivity contribution >= 4 is 28.2 Å². The molecule has 2 aliphatic rings. The molecule has 0 N–H and O–H groups in total. The highest BCUT2D eigenvalue weighted by atomic mass is 32.2. The number of allylic oxidation sites excluding steroid dienone is 1. The summed E-state index contributed by atoms with van der Waals surface area (Å²) >= 11 is 1.84. The zero-order chi connectivity index (χ0) is 15.3. The molecule has 1 unspecified atom stereocenters. The fourth-order valence-corrected chi connectivity index (χ4v) is 4.07. The molecule has 3 heterocycles. The van der Waals surface area contributed by atoms with Crippen molar-refractivity contribution in [2.24, 2.45) is 0 Å². The number of nitrogens with zero attached hydrogens (tertiary/aromatic N) is 1. The lowest BCUT2D eigenvalue weighted by Crippen LogP contribution is -2.24. The summed E-state index contributed by atoms with van der Waals surface area (Å²) < 4.78 is 22.6. The standard InChI is InChI=1S/C17H16FNO2S/c1-10-9-21-17-15(11-3-6-22-7-4-11)13(18)8-12-14(20)2-5-19(10)16(12)17/h2-3,5,8,10H,4,6-7,9H2,1H3. The van der Waals surface area contributed by atoms with E-state index in [9.17, 15) is 9.18 Å². The first-order valence-electron chi connectivity index (χ1n) is 7.44. The molecule has 114 valence electrons. The first-order chi connectivity index (χ1) is 10.7. The molecule has 2 aliphatic heterocycles. The minimum atomic E-state index is -0.356. The fraction of sp³-hybridized carbons (Fsp3) is 0.353. The van der Waals surface area contributed by atoms with Crippen LogP contribution in [0.25, 0.3) is 16.5 Å². The highest BCUT2D eigenvalue weighted by Crippen LogP contribution is 2.41. The maximum absolute atomic E-state index is 14.7. The van der Waals surface area contributed by atoms with Crippen LogP contribution in [-0.2, 0) is 0 Å². The number of thioether (sulfide) groups is 1. The summed E-state index contributed by atoms with van der Waals surface area (Å²) in [6.45, 7) is 2.52. The van der Waals surface area contributed by atoms with Crippen molar-refractivity contribution in [3.8, 4) is 5.75 Å². The Balaban J connectivity index is 2.10. The van der Waals surface area contributed by atoms with E-state index < -0.39 is 0 Å². The Morgan fingerprint density at radius 1 is 1.45 bits per heavy atom. The van der Waals surface area contributed by atoms with Gasteiger partial charge in [0.2, 0.25) is 0 Å². The van der Waals surface area contributed by atoms with Gasteiger partial charge in [-0.25, -0.2) is 4.39 Å². The summed E-state index contributed by atoms with van der Waals surface area (Å²) in [5, 5.41) is 0.399. The van der Waals surface area contributed by atoms with Gasteiger partial charge in [-0.15, -0.1) is 0 Å². The van der Waals surface area contributed by atoms with Crippen LogP contribution in [0, 0.1) is 5.82 Å². The van der Waals surface area contributed by atoms with E-state index in [0.717, 1.165) is 29.0 Å². The molecule has 0 amide bonds. The lowest BCUT2D eigenvalue weighted by Gasteiger charge is -2.29. The van der Waals surface area contributed by atoms with Crippen LogP contribution in [0.5, 0.6) is 5.75 Å². The van der Waals surface area contributed by atoms with Crippen molar-refractivity contribution in [2.45, 2.75) is 19.4 Å². The summed E-state index contributed by atoms with van der Waals surface area (Å²) in [7, 11) is 0. The number of aromatic nitrogens is 1. The van der Waals surface area contributed by atoms with Crippen LogP contribution >= 0.6 is 11.8 Å². The Morgan fingerprint density at radius 2 is 2.32 bits per heavy atom. The molecule has 0 saturated heterocycles. The topological polar surface area (TPSA) is 31.2 Å². The molecule has 0 radical (unpaired) electrons. The SMILES string of the molecule is CC1COc2c(C3=CCSCC3)c(F)cc3c(=O)ccn1c23.